The highest BCUT2D eigenvalue weighted by molar-refractivity contribution is 7.89. The smallest absolute Gasteiger partial charge is 0.244 e. The molecule has 2 aromatic rings. The molecular formula is C20H20Cl2N2O5S. The Morgan fingerprint density at radius 3 is 2.63 bits per heavy atom. The lowest BCUT2D eigenvalue weighted by atomic mass is 9.98. The number of halogens is 2. The van der Waals surface area contributed by atoms with Crippen LogP contribution >= 0.6 is 23.2 Å². The molecule has 160 valence electrons. The molecule has 1 amide bonds. The van der Waals surface area contributed by atoms with Crippen molar-refractivity contribution in [1.29, 1.82) is 0 Å². The molecule has 1 N–H and O–H groups in total. The van der Waals surface area contributed by atoms with E-state index in [1.165, 1.54) is 22.5 Å². The molecule has 7 nitrogen and oxygen atoms in total. The summed E-state index contributed by atoms with van der Waals surface area (Å²) in [6.45, 7) is 1.33. The first-order valence-corrected chi connectivity index (χ1v) is 11.7. The van der Waals surface area contributed by atoms with Crippen molar-refractivity contribution in [2.24, 2.45) is 5.92 Å². The second kappa shape index (κ2) is 8.63. The molecule has 0 radical (unpaired) electrons. The third kappa shape index (κ3) is 4.37. The first-order chi connectivity index (χ1) is 14.3. The fraction of sp³-hybridized carbons (Fsp3) is 0.350. The van der Waals surface area contributed by atoms with Gasteiger partial charge in [-0.1, -0.05) is 23.2 Å². The van der Waals surface area contributed by atoms with Crippen LogP contribution in [0.3, 0.4) is 0 Å². The number of piperidine rings is 1. The molecule has 30 heavy (non-hydrogen) atoms. The molecule has 2 aliphatic rings. The number of hydrogen-bond donors (Lipinski definition) is 1. The minimum absolute atomic E-state index is 0.0513. The lowest BCUT2D eigenvalue weighted by Gasteiger charge is -2.31. The van der Waals surface area contributed by atoms with Crippen LogP contribution in [0.15, 0.2) is 41.3 Å². The van der Waals surface area contributed by atoms with Crippen LogP contribution in [0.5, 0.6) is 11.5 Å². The van der Waals surface area contributed by atoms with E-state index in [0.29, 0.717) is 49.8 Å². The molecule has 0 spiro atoms. The van der Waals surface area contributed by atoms with Crippen molar-refractivity contribution in [1.82, 2.24) is 4.31 Å². The SMILES string of the molecule is O=C(Nc1ccc2c(c1)OCCO2)[C@@H]1CCCN(S(=O)(=O)c2cc(Cl)ccc2Cl)C1. The molecular weight excluding hydrogens is 451 g/mol. The normalized spacial score (nSPS) is 19.3. The zero-order valence-electron chi connectivity index (χ0n) is 15.9. The summed E-state index contributed by atoms with van der Waals surface area (Å²) in [5, 5.41) is 3.23. The Labute approximate surface area is 184 Å². The maximum Gasteiger partial charge on any atom is 0.244 e. The molecule has 1 saturated heterocycles. The number of amides is 1. The van der Waals surface area contributed by atoms with Gasteiger partial charge in [-0.2, -0.15) is 4.31 Å². The van der Waals surface area contributed by atoms with Gasteiger partial charge in [-0.05, 0) is 43.2 Å². The molecule has 0 bridgehead atoms. The number of anilines is 1. The van der Waals surface area contributed by atoms with E-state index in [0.717, 1.165) is 0 Å². The summed E-state index contributed by atoms with van der Waals surface area (Å²) in [7, 11) is -3.87. The molecule has 2 aliphatic heterocycles. The second-order valence-electron chi connectivity index (χ2n) is 7.12. The fourth-order valence-corrected chi connectivity index (χ4v) is 5.82. The number of ether oxygens (including phenoxy) is 2. The quantitative estimate of drug-likeness (QED) is 0.734. The maximum absolute atomic E-state index is 13.1. The number of benzene rings is 2. The van der Waals surface area contributed by atoms with Crippen molar-refractivity contribution in [3.8, 4) is 11.5 Å². The van der Waals surface area contributed by atoms with Crippen LogP contribution in [0.1, 0.15) is 12.8 Å². The molecule has 0 unspecified atom stereocenters. The van der Waals surface area contributed by atoms with Gasteiger partial charge in [-0.25, -0.2) is 8.42 Å². The Morgan fingerprint density at radius 2 is 1.83 bits per heavy atom. The van der Waals surface area contributed by atoms with E-state index >= 15 is 0 Å². The first kappa shape index (κ1) is 21.2. The minimum Gasteiger partial charge on any atom is -0.486 e. The van der Waals surface area contributed by atoms with Crippen LogP contribution in [0, 0.1) is 5.92 Å². The Morgan fingerprint density at radius 1 is 1.07 bits per heavy atom. The third-order valence-corrected chi connectivity index (χ3v) is 7.66. The van der Waals surface area contributed by atoms with Gasteiger partial charge < -0.3 is 14.8 Å². The minimum atomic E-state index is -3.87. The highest BCUT2D eigenvalue weighted by atomic mass is 35.5. The number of nitrogens with one attached hydrogen (secondary N) is 1. The lowest BCUT2D eigenvalue weighted by Crippen LogP contribution is -2.43. The van der Waals surface area contributed by atoms with Crippen LogP contribution in [0.2, 0.25) is 10.0 Å². The number of rotatable bonds is 4. The van der Waals surface area contributed by atoms with Crippen LogP contribution in [0.25, 0.3) is 0 Å². The Balaban J connectivity index is 1.48. The summed E-state index contributed by atoms with van der Waals surface area (Å²) in [6, 6.07) is 9.49. The summed E-state index contributed by atoms with van der Waals surface area (Å²) in [6.07, 6.45) is 1.16. The van der Waals surface area contributed by atoms with Crippen LogP contribution < -0.4 is 14.8 Å². The van der Waals surface area contributed by atoms with E-state index in [1.54, 1.807) is 18.2 Å². The first-order valence-electron chi connectivity index (χ1n) is 9.50. The van der Waals surface area contributed by atoms with Crippen molar-refractivity contribution in [2.75, 3.05) is 31.6 Å². The van der Waals surface area contributed by atoms with Gasteiger partial charge >= 0.3 is 0 Å². The van der Waals surface area contributed by atoms with Crippen molar-refractivity contribution in [2.45, 2.75) is 17.7 Å². The largest absolute Gasteiger partial charge is 0.486 e. The summed E-state index contributed by atoms with van der Waals surface area (Å²) < 4.78 is 38.4. The zero-order valence-corrected chi connectivity index (χ0v) is 18.3. The van der Waals surface area contributed by atoms with E-state index in [4.69, 9.17) is 32.7 Å². The van der Waals surface area contributed by atoms with E-state index in [9.17, 15) is 13.2 Å². The van der Waals surface area contributed by atoms with Gasteiger partial charge in [-0.15, -0.1) is 0 Å². The van der Waals surface area contributed by atoms with Crippen LogP contribution in [-0.4, -0.2) is 44.9 Å². The van der Waals surface area contributed by atoms with Crippen molar-refractivity contribution < 1.29 is 22.7 Å². The van der Waals surface area contributed by atoms with Crippen LogP contribution in [-0.2, 0) is 14.8 Å². The second-order valence-corrected chi connectivity index (χ2v) is 9.87. The van der Waals surface area contributed by atoms with E-state index in [2.05, 4.69) is 5.32 Å². The molecule has 1 atom stereocenters. The van der Waals surface area contributed by atoms with E-state index < -0.39 is 15.9 Å². The lowest BCUT2D eigenvalue weighted by molar-refractivity contribution is -0.120. The highest BCUT2D eigenvalue weighted by Crippen LogP contribution is 2.34. The fourth-order valence-electron chi connectivity index (χ4n) is 3.55. The van der Waals surface area contributed by atoms with Gasteiger partial charge in [-0.3, -0.25) is 4.79 Å². The van der Waals surface area contributed by atoms with Crippen molar-refractivity contribution >= 4 is 44.8 Å². The third-order valence-electron chi connectivity index (χ3n) is 5.08. The van der Waals surface area contributed by atoms with Gasteiger partial charge in [0.05, 0.1) is 10.9 Å². The Kier molecular flexibility index (Phi) is 6.11. The van der Waals surface area contributed by atoms with Gasteiger partial charge in [0, 0.05) is 29.9 Å². The Bertz CT molecular complexity index is 1080. The average molecular weight is 471 g/mol. The average Bonchev–Trinajstić information content (AvgIpc) is 2.75. The molecule has 2 heterocycles. The highest BCUT2D eigenvalue weighted by Gasteiger charge is 2.34. The number of sulfonamides is 1. The zero-order chi connectivity index (χ0) is 21.3. The van der Waals surface area contributed by atoms with Crippen LogP contribution in [0.4, 0.5) is 5.69 Å². The molecule has 0 saturated carbocycles. The van der Waals surface area contributed by atoms with Crippen molar-refractivity contribution in [3.05, 3.63) is 46.4 Å². The summed E-state index contributed by atoms with van der Waals surface area (Å²) in [5.74, 6) is 0.471. The summed E-state index contributed by atoms with van der Waals surface area (Å²) >= 11 is 12.1. The predicted molar refractivity (Wildman–Crippen MR) is 114 cm³/mol. The summed E-state index contributed by atoms with van der Waals surface area (Å²) in [5.41, 5.74) is 0.571. The number of hydrogen-bond acceptors (Lipinski definition) is 5. The number of carbonyl (C=O) groups is 1. The maximum atomic E-state index is 13.1. The number of fused-ring (bicyclic) bond motifs is 1. The Hall–Kier alpha value is -2.00. The molecule has 0 aromatic heterocycles. The molecule has 2 aromatic carbocycles. The van der Waals surface area contributed by atoms with Gasteiger partial charge in [0.15, 0.2) is 11.5 Å². The summed E-state index contributed by atoms with van der Waals surface area (Å²) in [4.78, 5) is 12.8. The van der Waals surface area contributed by atoms with E-state index in [-0.39, 0.29) is 27.4 Å². The number of nitrogens with zero attached hydrogens (tertiary/aromatic N) is 1. The monoisotopic (exact) mass is 470 g/mol. The molecule has 1 fully saturated rings. The molecule has 0 aliphatic carbocycles. The van der Waals surface area contributed by atoms with Gasteiger partial charge in [0.2, 0.25) is 15.9 Å². The molecule has 4 rings (SSSR count). The van der Waals surface area contributed by atoms with E-state index in [1.807, 2.05) is 0 Å². The number of carbonyl (C=O) groups excluding carboxylic acids is 1. The van der Waals surface area contributed by atoms with Gasteiger partial charge in [0.25, 0.3) is 0 Å². The topological polar surface area (TPSA) is 84.9 Å². The molecule has 10 heteroatoms. The predicted octanol–water partition coefficient (Wildman–Crippen LogP) is 3.80. The standard InChI is InChI=1S/C20H20Cl2N2O5S/c21-14-3-5-16(22)19(10-14)30(26,27)24-7-1-2-13(12-24)20(25)23-15-4-6-17-18(11-15)29-9-8-28-17/h3-6,10-11,13H,1-2,7-9,12H2,(H,23,25)/t13-/m1/s1. The van der Waals surface area contributed by atoms with Crippen molar-refractivity contribution in [3.63, 3.8) is 0 Å². The van der Waals surface area contributed by atoms with Gasteiger partial charge in [0.1, 0.15) is 18.1 Å².